The van der Waals surface area contributed by atoms with Crippen LogP contribution in [0, 0.1) is 0 Å². The summed E-state index contributed by atoms with van der Waals surface area (Å²) in [6.07, 6.45) is 1.47. The summed E-state index contributed by atoms with van der Waals surface area (Å²) >= 11 is 0. The van der Waals surface area contributed by atoms with Gasteiger partial charge in [-0.25, -0.2) is 0 Å². The van der Waals surface area contributed by atoms with Gasteiger partial charge >= 0.3 is 0 Å². The number of amides is 1. The first-order valence-electron chi connectivity index (χ1n) is 6.82. The summed E-state index contributed by atoms with van der Waals surface area (Å²) in [7, 11) is 1.53. The molecule has 0 saturated heterocycles. The molecule has 1 aromatic heterocycles. The second-order valence-electron chi connectivity index (χ2n) is 4.97. The van der Waals surface area contributed by atoms with E-state index in [-0.39, 0.29) is 19.1 Å². The lowest BCUT2D eigenvalue weighted by atomic mass is 10.0. The number of carbonyl (C=O) groups is 1. The van der Waals surface area contributed by atoms with Crippen LogP contribution in [0.25, 0.3) is 0 Å². The van der Waals surface area contributed by atoms with E-state index in [1.807, 2.05) is 6.07 Å². The van der Waals surface area contributed by atoms with Crippen molar-refractivity contribution in [3.8, 4) is 11.5 Å². The van der Waals surface area contributed by atoms with Crippen LogP contribution in [0.4, 0.5) is 0 Å². The van der Waals surface area contributed by atoms with Gasteiger partial charge in [0.1, 0.15) is 11.4 Å². The van der Waals surface area contributed by atoms with Gasteiger partial charge in [0, 0.05) is 0 Å². The Hall–Kier alpha value is -2.47. The van der Waals surface area contributed by atoms with Gasteiger partial charge in [-0.2, -0.15) is 0 Å². The van der Waals surface area contributed by atoms with Crippen molar-refractivity contribution in [2.24, 2.45) is 0 Å². The first-order valence-corrected chi connectivity index (χ1v) is 6.82. The Morgan fingerprint density at radius 1 is 1.27 bits per heavy atom. The minimum atomic E-state index is -1.27. The predicted molar refractivity (Wildman–Crippen MR) is 79.8 cm³/mol. The van der Waals surface area contributed by atoms with Gasteiger partial charge in [0.2, 0.25) is 0 Å². The van der Waals surface area contributed by atoms with Gasteiger partial charge in [-0.05, 0) is 31.2 Å². The first kappa shape index (κ1) is 15.9. The molecule has 2 aromatic rings. The van der Waals surface area contributed by atoms with Gasteiger partial charge in [0.05, 0.1) is 19.9 Å². The molecule has 0 bridgehead atoms. The number of methoxy groups -OCH3 is 1. The molecule has 1 aromatic carbocycles. The standard InChI is InChI=1S/C16H19NO5/c1-16(19,14-8-5-9-21-14)11-17-15(18)10-22-13-7-4-3-6-12(13)20-2/h3-9,19H,10-11H2,1-2H3,(H,17,18)/t16-/m1/s1. The van der Waals surface area contributed by atoms with E-state index < -0.39 is 5.60 Å². The third-order valence-electron chi connectivity index (χ3n) is 3.11. The maximum absolute atomic E-state index is 11.8. The molecule has 0 aliphatic carbocycles. The van der Waals surface area contributed by atoms with Gasteiger partial charge in [0.25, 0.3) is 5.91 Å². The summed E-state index contributed by atoms with van der Waals surface area (Å²) in [6.45, 7) is 1.41. The number of benzene rings is 1. The van der Waals surface area contributed by atoms with E-state index >= 15 is 0 Å². The van der Waals surface area contributed by atoms with Crippen molar-refractivity contribution in [2.45, 2.75) is 12.5 Å². The smallest absolute Gasteiger partial charge is 0.258 e. The quantitative estimate of drug-likeness (QED) is 0.813. The molecule has 0 saturated carbocycles. The van der Waals surface area contributed by atoms with Crippen LogP contribution < -0.4 is 14.8 Å². The fourth-order valence-electron chi connectivity index (χ4n) is 1.88. The summed E-state index contributed by atoms with van der Waals surface area (Å²) in [6, 6.07) is 10.4. The lowest BCUT2D eigenvalue weighted by molar-refractivity contribution is -0.124. The fourth-order valence-corrected chi connectivity index (χ4v) is 1.88. The van der Waals surface area contributed by atoms with E-state index in [1.165, 1.54) is 13.4 Å². The largest absolute Gasteiger partial charge is 0.493 e. The van der Waals surface area contributed by atoms with Crippen molar-refractivity contribution in [1.29, 1.82) is 0 Å². The van der Waals surface area contributed by atoms with Gasteiger partial charge in [-0.15, -0.1) is 0 Å². The minimum Gasteiger partial charge on any atom is -0.493 e. The Morgan fingerprint density at radius 2 is 2.00 bits per heavy atom. The van der Waals surface area contributed by atoms with E-state index in [0.717, 1.165) is 0 Å². The van der Waals surface area contributed by atoms with Crippen LogP contribution in [-0.2, 0) is 10.4 Å². The Bertz CT molecular complexity index is 607. The Balaban J connectivity index is 1.83. The number of hydrogen-bond acceptors (Lipinski definition) is 5. The first-order chi connectivity index (χ1) is 10.5. The highest BCUT2D eigenvalue weighted by atomic mass is 16.5. The average Bonchev–Trinajstić information content (AvgIpc) is 3.06. The maximum Gasteiger partial charge on any atom is 0.258 e. The Morgan fingerprint density at radius 3 is 2.64 bits per heavy atom. The van der Waals surface area contributed by atoms with Crippen molar-refractivity contribution >= 4 is 5.91 Å². The summed E-state index contributed by atoms with van der Waals surface area (Å²) in [5.41, 5.74) is -1.27. The van der Waals surface area contributed by atoms with E-state index in [4.69, 9.17) is 13.9 Å². The molecule has 0 aliphatic heterocycles. The van der Waals surface area contributed by atoms with E-state index in [9.17, 15) is 9.90 Å². The lowest BCUT2D eigenvalue weighted by Gasteiger charge is -2.21. The number of furan rings is 1. The number of para-hydroxylation sites is 2. The van der Waals surface area contributed by atoms with Crippen molar-refractivity contribution in [2.75, 3.05) is 20.3 Å². The molecule has 1 amide bonds. The van der Waals surface area contributed by atoms with Crippen LogP contribution in [0.5, 0.6) is 11.5 Å². The second-order valence-corrected chi connectivity index (χ2v) is 4.97. The van der Waals surface area contributed by atoms with Crippen molar-refractivity contribution < 1.29 is 23.8 Å². The zero-order valence-corrected chi connectivity index (χ0v) is 12.5. The zero-order chi connectivity index (χ0) is 16.0. The Kier molecular flexibility index (Phi) is 5.06. The predicted octanol–water partition coefficient (Wildman–Crippen LogP) is 1.69. The van der Waals surface area contributed by atoms with Crippen LogP contribution in [0.15, 0.2) is 47.1 Å². The topological polar surface area (TPSA) is 80.9 Å². The molecule has 2 N–H and O–H groups in total. The number of nitrogens with one attached hydrogen (secondary N) is 1. The molecule has 22 heavy (non-hydrogen) atoms. The maximum atomic E-state index is 11.8. The van der Waals surface area contributed by atoms with Crippen molar-refractivity contribution in [1.82, 2.24) is 5.32 Å². The van der Waals surface area contributed by atoms with Crippen LogP contribution in [-0.4, -0.2) is 31.3 Å². The molecule has 6 heteroatoms. The number of ether oxygens (including phenoxy) is 2. The molecule has 1 atom stereocenters. The van der Waals surface area contributed by atoms with Crippen molar-refractivity contribution in [3.63, 3.8) is 0 Å². The number of carbonyl (C=O) groups excluding carboxylic acids is 1. The molecular weight excluding hydrogens is 286 g/mol. The minimum absolute atomic E-state index is 0.0225. The van der Waals surface area contributed by atoms with Gasteiger partial charge in [-0.3, -0.25) is 4.79 Å². The van der Waals surface area contributed by atoms with Gasteiger partial charge < -0.3 is 24.3 Å². The molecule has 118 valence electrons. The van der Waals surface area contributed by atoms with Gasteiger partial charge in [0.15, 0.2) is 18.1 Å². The highest BCUT2D eigenvalue weighted by Gasteiger charge is 2.26. The van der Waals surface area contributed by atoms with Crippen LogP contribution in [0.2, 0.25) is 0 Å². The highest BCUT2D eigenvalue weighted by molar-refractivity contribution is 5.77. The van der Waals surface area contributed by atoms with E-state index in [0.29, 0.717) is 17.3 Å². The molecule has 0 radical (unpaired) electrons. The summed E-state index contributed by atoms with van der Waals surface area (Å²) in [5, 5.41) is 12.8. The van der Waals surface area contributed by atoms with Crippen molar-refractivity contribution in [3.05, 3.63) is 48.4 Å². The summed E-state index contributed by atoms with van der Waals surface area (Å²) in [4.78, 5) is 11.8. The van der Waals surface area contributed by atoms with E-state index in [1.54, 1.807) is 37.3 Å². The number of aliphatic hydroxyl groups is 1. The van der Waals surface area contributed by atoms with E-state index in [2.05, 4.69) is 5.32 Å². The monoisotopic (exact) mass is 305 g/mol. The molecule has 6 nitrogen and oxygen atoms in total. The fraction of sp³-hybridized carbons (Fsp3) is 0.312. The third kappa shape index (κ3) is 4.02. The van der Waals surface area contributed by atoms with Crippen LogP contribution >= 0.6 is 0 Å². The Labute approximate surface area is 128 Å². The summed E-state index contributed by atoms with van der Waals surface area (Å²) in [5.74, 6) is 1.08. The molecule has 0 unspecified atom stereocenters. The average molecular weight is 305 g/mol. The molecule has 0 fully saturated rings. The zero-order valence-electron chi connectivity index (χ0n) is 12.5. The molecule has 2 rings (SSSR count). The second kappa shape index (κ2) is 7.00. The number of hydrogen-bond donors (Lipinski definition) is 2. The van der Waals surface area contributed by atoms with Gasteiger partial charge in [-0.1, -0.05) is 12.1 Å². The van der Waals surface area contributed by atoms with Crippen LogP contribution in [0.3, 0.4) is 0 Å². The molecule has 0 aliphatic rings. The normalized spacial score (nSPS) is 13.2. The summed E-state index contributed by atoms with van der Waals surface area (Å²) < 4.78 is 15.7. The highest BCUT2D eigenvalue weighted by Crippen LogP contribution is 2.25. The lowest BCUT2D eigenvalue weighted by Crippen LogP contribution is -2.40. The third-order valence-corrected chi connectivity index (χ3v) is 3.11. The molecule has 1 heterocycles. The molecule has 0 spiro atoms. The SMILES string of the molecule is COc1ccccc1OCC(=O)NC[C@@](C)(O)c1ccco1. The molecular formula is C16H19NO5. The number of rotatable bonds is 7. The van der Waals surface area contributed by atoms with Crippen LogP contribution in [0.1, 0.15) is 12.7 Å².